The fourth-order valence-corrected chi connectivity index (χ4v) is 2.00. The van der Waals surface area contributed by atoms with E-state index in [1.807, 2.05) is 13.0 Å². The molecule has 1 heterocycles. The Labute approximate surface area is 162 Å². The molecule has 0 spiro atoms. The minimum absolute atomic E-state index is 0. The van der Waals surface area contributed by atoms with Gasteiger partial charge < -0.3 is 15.4 Å². The summed E-state index contributed by atoms with van der Waals surface area (Å²) in [4.78, 5) is 8.52. The minimum atomic E-state index is -0.473. The van der Waals surface area contributed by atoms with E-state index in [4.69, 9.17) is 4.74 Å². The van der Waals surface area contributed by atoms with E-state index in [0.29, 0.717) is 24.9 Å². The van der Waals surface area contributed by atoms with Gasteiger partial charge in [0.15, 0.2) is 5.96 Å². The molecule has 0 saturated carbocycles. The molecule has 2 aromatic rings. The van der Waals surface area contributed by atoms with Crippen molar-refractivity contribution in [2.24, 2.45) is 4.99 Å². The van der Waals surface area contributed by atoms with Crippen molar-refractivity contribution >= 4 is 29.9 Å². The summed E-state index contributed by atoms with van der Waals surface area (Å²) in [6.07, 6.45) is 1.68. The van der Waals surface area contributed by atoms with Gasteiger partial charge in [-0.15, -0.1) is 24.0 Å². The Morgan fingerprint density at radius 1 is 1.20 bits per heavy atom. The van der Waals surface area contributed by atoms with Crippen molar-refractivity contribution in [3.8, 4) is 5.88 Å². The first-order valence-electron chi connectivity index (χ1n) is 7.57. The van der Waals surface area contributed by atoms with Crippen LogP contribution in [0.25, 0.3) is 0 Å². The zero-order valence-corrected chi connectivity index (χ0v) is 16.4. The molecule has 5 nitrogen and oxygen atoms in total. The van der Waals surface area contributed by atoms with Crippen molar-refractivity contribution in [3.05, 3.63) is 59.3 Å². The summed E-state index contributed by atoms with van der Waals surface area (Å²) >= 11 is 0. The zero-order chi connectivity index (χ0) is 17.4. The Hall–Kier alpha value is -1.97. The molecule has 1 aromatic carbocycles. The van der Waals surface area contributed by atoms with Crippen LogP contribution in [0.15, 0.2) is 41.5 Å². The van der Waals surface area contributed by atoms with Gasteiger partial charge in [-0.2, -0.15) is 0 Å². The maximum absolute atomic E-state index is 13.6. The molecule has 0 saturated heterocycles. The Morgan fingerprint density at radius 2 is 2.00 bits per heavy atom. The molecule has 0 atom stereocenters. The van der Waals surface area contributed by atoms with Crippen LogP contribution in [-0.2, 0) is 13.1 Å². The first-order chi connectivity index (χ1) is 11.6. The molecule has 25 heavy (non-hydrogen) atoms. The summed E-state index contributed by atoms with van der Waals surface area (Å²) in [6.45, 7) is 3.11. The molecule has 1 aromatic heterocycles. The van der Waals surface area contributed by atoms with Crippen LogP contribution in [0.1, 0.15) is 18.1 Å². The van der Waals surface area contributed by atoms with Crippen LogP contribution in [0.4, 0.5) is 8.78 Å². The van der Waals surface area contributed by atoms with E-state index < -0.39 is 11.6 Å². The van der Waals surface area contributed by atoms with Crippen LogP contribution in [-0.4, -0.2) is 24.6 Å². The third-order valence-corrected chi connectivity index (χ3v) is 3.22. The Bertz CT molecular complexity index is 696. The number of benzene rings is 1. The van der Waals surface area contributed by atoms with Gasteiger partial charge in [0, 0.05) is 30.9 Å². The van der Waals surface area contributed by atoms with Crippen LogP contribution in [0.3, 0.4) is 0 Å². The summed E-state index contributed by atoms with van der Waals surface area (Å²) in [7, 11) is 1.55. The maximum Gasteiger partial charge on any atom is 0.212 e. The molecule has 2 N–H and O–H groups in total. The molecule has 2 rings (SSSR count). The highest BCUT2D eigenvalue weighted by molar-refractivity contribution is 14.0. The number of guanidine groups is 1. The number of ether oxygens (including phenoxy) is 1. The number of hydrogen-bond acceptors (Lipinski definition) is 3. The Morgan fingerprint density at radius 3 is 2.64 bits per heavy atom. The second-order valence-electron chi connectivity index (χ2n) is 4.99. The quantitative estimate of drug-likeness (QED) is 0.393. The van der Waals surface area contributed by atoms with Crippen LogP contribution in [0.5, 0.6) is 5.88 Å². The van der Waals surface area contributed by atoms with Crippen LogP contribution < -0.4 is 15.4 Å². The maximum atomic E-state index is 13.6. The van der Waals surface area contributed by atoms with E-state index in [1.165, 1.54) is 6.07 Å². The molecule has 136 valence electrons. The second kappa shape index (κ2) is 10.8. The highest BCUT2D eigenvalue weighted by Crippen LogP contribution is 2.10. The number of pyridine rings is 1. The Kier molecular flexibility index (Phi) is 9.11. The van der Waals surface area contributed by atoms with Gasteiger partial charge in [0.05, 0.1) is 13.7 Å². The third kappa shape index (κ3) is 6.81. The van der Waals surface area contributed by atoms with E-state index in [2.05, 4.69) is 20.6 Å². The van der Waals surface area contributed by atoms with E-state index in [1.54, 1.807) is 19.4 Å². The number of aliphatic imine (C=N–C) groups is 1. The van der Waals surface area contributed by atoms with Crippen LogP contribution in [0.2, 0.25) is 0 Å². The molecular formula is C17H21F2IN4O. The number of methoxy groups -OCH3 is 1. The van der Waals surface area contributed by atoms with Crippen molar-refractivity contribution in [2.45, 2.75) is 20.0 Å². The first kappa shape index (κ1) is 21.1. The van der Waals surface area contributed by atoms with Crippen molar-refractivity contribution < 1.29 is 13.5 Å². The topological polar surface area (TPSA) is 58.5 Å². The molecule has 0 fully saturated rings. The third-order valence-electron chi connectivity index (χ3n) is 3.22. The van der Waals surface area contributed by atoms with Gasteiger partial charge in [0.1, 0.15) is 11.6 Å². The summed E-state index contributed by atoms with van der Waals surface area (Å²) in [6, 6.07) is 6.99. The van der Waals surface area contributed by atoms with Crippen LogP contribution in [0, 0.1) is 11.6 Å². The highest BCUT2D eigenvalue weighted by Gasteiger charge is 2.05. The normalized spacial score (nSPS) is 10.8. The zero-order valence-electron chi connectivity index (χ0n) is 14.1. The fraction of sp³-hybridized carbons (Fsp3) is 0.294. The van der Waals surface area contributed by atoms with Gasteiger partial charge in [-0.3, -0.25) is 0 Å². The SMILES string of the molecule is CCNC(=NCc1ccc(OC)nc1)NCc1cc(F)ccc1F.I. The van der Waals surface area contributed by atoms with Crippen LogP contribution >= 0.6 is 24.0 Å². The van der Waals surface area contributed by atoms with Crippen molar-refractivity contribution in [3.63, 3.8) is 0 Å². The fourth-order valence-electron chi connectivity index (χ4n) is 2.00. The summed E-state index contributed by atoms with van der Waals surface area (Å²) in [5.41, 5.74) is 1.15. The highest BCUT2D eigenvalue weighted by atomic mass is 127. The summed E-state index contributed by atoms with van der Waals surface area (Å²) in [5.74, 6) is 0.116. The molecule has 0 unspecified atom stereocenters. The van der Waals surface area contributed by atoms with Gasteiger partial charge in [-0.25, -0.2) is 18.8 Å². The molecule has 0 amide bonds. The lowest BCUT2D eigenvalue weighted by Crippen LogP contribution is -2.37. The molecular weight excluding hydrogens is 441 g/mol. The van der Waals surface area contributed by atoms with E-state index in [9.17, 15) is 8.78 Å². The lowest BCUT2D eigenvalue weighted by atomic mass is 10.2. The van der Waals surface area contributed by atoms with Gasteiger partial charge in [0.2, 0.25) is 5.88 Å². The van der Waals surface area contributed by atoms with E-state index in [-0.39, 0.29) is 36.1 Å². The monoisotopic (exact) mass is 462 g/mol. The molecule has 8 heteroatoms. The number of hydrogen-bond donors (Lipinski definition) is 2. The summed E-state index contributed by atoms with van der Waals surface area (Å²) < 4.78 is 31.8. The molecule has 0 aliphatic rings. The van der Waals surface area contributed by atoms with Gasteiger partial charge in [0.25, 0.3) is 0 Å². The van der Waals surface area contributed by atoms with E-state index in [0.717, 1.165) is 17.7 Å². The number of aromatic nitrogens is 1. The van der Waals surface area contributed by atoms with Crippen molar-refractivity contribution in [1.82, 2.24) is 15.6 Å². The van der Waals surface area contributed by atoms with Gasteiger partial charge in [-0.1, -0.05) is 6.07 Å². The molecule has 0 aliphatic heterocycles. The predicted molar refractivity (Wildman–Crippen MR) is 104 cm³/mol. The van der Waals surface area contributed by atoms with E-state index >= 15 is 0 Å². The number of halogens is 3. The smallest absolute Gasteiger partial charge is 0.212 e. The number of nitrogens with one attached hydrogen (secondary N) is 2. The van der Waals surface area contributed by atoms with Crippen molar-refractivity contribution in [1.29, 1.82) is 0 Å². The first-order valence-corrected chi connectivity index (χ1v) is 7.57. The average molecular weight is 462 g/mol. The predicted octanol–water partition coefficient (Wildman–Crippen LogP) is 3.24. The molecule has 0 bridgehead atoms. The standard InChI is InChI=1S/C17H20F2N4O.HI/c1-3-20-17(22-10-12-4-7-16(24-2)21-9-12)23-11-13-8-14(18)5-6-15(13)19;/h4-9H,3,10-11H2,1-2H3,(H2,20,22,23);1H. The number of nitrogens with zero attached hydrogens (tertiary/aromatic N) is 2. The number of rotatable bonds is 6. The van der Waals surface area contributed by atoms with Gasteiger partial charge in [-0.05, 0) is 30.7 Å². The largest absolute Gasteiger partial charge is 0.481 e. The lowest BCUT2D eigenvalue weighted by Gasteiger charge is -2.12. The second-order valence-corrected chi connectivity index (χ2v) is 4.99. The Balaban J connectivity index is 0.00000312. The minimum Gasteiger partial charge on any atom is -0.481 e. The molecule has 0 aliphatic carbocycles. The summed E-state index contributed by atoms with van der Waals surface area (Å²) in [5, 5.41) is 6.04. The lowest BCUT2D eigenvalue weighted by molar-refractivity contribution is 0.397. The van der Waals surface area contributed by atoms with Gasteiger partial charge >= 0.3 is 0 Å². The average Bonchev–Trinajstić information content (AvgIpc) is 2.60. The van der Waals surface area contributed by atoms with Crippen molar-refractivity contribution in [2.75, 3.05) is 13.7 Å². The molecule has 0 radical (unpaired) electrons.